The van der Waals surface area contributed by atoms with Crippen molar-refractivity contribution in [1.29, 1.82) is 0 Å². The predicted octanol–water partition coefficient (Wildman–Crippen LogP) is 3.98. The maximum atomic E-state index is 13.5. The molecule has 0 aromatic heterocycles. The molecule has 0 bridgehead atoms. The van der Waals surface area contributed by atoms with Gasteiger partial charge in [-0.05, 0) is 30.2 Å². The second-order valence-electron chi connectivity index (χ2n) is 4.22. The monoisotopic (exact) mass is 270 g/mol. The first-order valence-corrected chi connectivity index (χ1v) is 5.46. The summed E-state index contributed by atoms with van der Waals surface area (Å²) in [5, 5.41) is 8.44. The number of aryl methyl sites for hydroxylation is 1. The van der Waals surface area contributed by atoms with Crippen LogP contribution in [0.2, 0.25) is 0 Å². The molecule has 5 heteroatoms. The number of alkyl halides is 2. The molecule has 2 rings (SSSR count). The van der Waals surface area contributed by atoms with E-state index in [1.54, 1.807) is 24.3 Å². The molecule has 0 aliphatic carbocycles. The SMILES string of the molecule is Cc1ccc(-c2cc(F)c(C(O)(F)F)c(F)c2)cc1. The topological polar surface area (TPSA) is 20.2 Å². The highest BCUT2D eigenvalue weighted by molar-refractivity contribution is 5.64. The molecule has 0 heterocycles. The van der Waals surface area contributed by atoms with Crippen LogP contribution in [0.4, 0.5) is 17.6 Å². The fraction of sp³-hybridized carbons (Fsp3) is 0.143. The molecule has 0 unspecified atom stereocenters. The Morgan fingerprint density at radius 1 is 0.895 bits per heavy atom. The number of benzene rings is 2. The van der Waals surface area contributed by atoms with Crippen LogP contribution in [0.25, 0.3) is 11.1 Å². The molecule has 0 aliphatic rings. The van der Waals surface area contributed by atoms with Crippen LogP contribution in [0.3, 0.4) is 0 Å². The second kappa shape index (κ2) is 4.66. The van der Waals surface area contributed by atoms with Crippen LogP contribution in [0.5, 0.6) is 0 Å². The van der Waals surface area contributed by atoms with Gasteiger partial charge in [-0.25, -0.2) is 8.78 Å². The zero-order valence-electron chi connectivity index (χ0n) is 9.92. The van der Waals surface area contributed by atoms with E-state index in [4.69, 9.17) is 5.11 Å². The van der Waals surface area contributed by atoms with Gasteiger partial charge in [-0.3, -0.25) is 0 Å². The Morgan fingerprint density at radius 3 is 1.79 bits per heavy atom. The van der Waals surface area contributed by atoms with Crippen LogP contribution in [-0.4, -0.2) is 5.11 Å². The first-order chi connectivity index (χ1) is 8.79. The number of aliphatic hydroxyl groups is 1. The molecule has 0 saturated heterocycles. The van der Waals surface area contributed by atoms with Gasteiger partial charge in [0.05, 0.1) is 0 Å². The average molecular weight is 270 g/mol. The Bertz CT molecular complexity index is 577. The summed E-state index contributed by atoms with van der Waals surface area (Å²) in [6, 6.07) is 8.26. The minimum absolute atomic E-state index is 0.128. The zero-order valence-corrected chi connectivity index (χ0v) is 9.92. The lowest BCUT2D eigenvalue weighted by Crippen LogP contribution is -2.16. The van der Waals surface area contributed by atoms with E-state index in [9.17, 15) is 17.6 Å². The number of halogens is 4. The molecule has 19 heavy (non-hydrogen) atoms. The standard InChI is InChI=1S/C14H10F4O/c1-8-2-4-9(5-3-8)10-6-11(15)13(12(16)7-10)14(17,18)19/h2-7,19H,1H3. The summed E-state index contributed by atoms with van der Waals surface area (Å²) < 4.78 is 52.3. The van der Waals surface area contributed by atoms with Crippen LogP contribution in [0, 0.1) is 18.6 Å². The van der Waals surface area contributed by atoms with Crippen LogP contribution in [-0.2, 0) is 6.11 Å². The van der Waals surface area contributed by atoms with Gasteiger partial charge in [0.25, 0.3) is 0 Å². The van der Waals surface area contributed by atoms with E-state index in [0.29, 0.717) is 5.56 Å². The summed E-state index contributed by atoms with van der Waals surface area (Å²) in [4.78, 5) is 0. The van der Waals surface area contributed by atoms with Crippen LogP contribution in [0.15, 0.2) is 36.4 Å². The van der Waals surface area contributed by atoms with E-state index in [2.05, 4.69) is 0 Å². The average Bonchev–Trinajstić information content (AvgIpc) is 2.26. The highest BCUT2D eigenvalue weighted by Crippen LogP contribution is 2.32. The highest BCUT2D eigenvalue weighted by atomic mass is 19.3. The van der Waals surface area contributed by atoms with E-state index in [-0.39, 0.29) is 5.56 Å². The summed E-state index contributed by atoms with van der Waals surface area (Å²) in [6.07, 6.45) is -4.54. The molecule has 2 aromatic rings. The molecule has 0 aliphatic heterocycles. The van der Waals surface area contributed by atoms with Crippen LogP contribution >= 0.6 is 0 Å². The molecule has 1 nitrogen and oxygen atoms in total. The molecule has 0 saturated carbocycles. The lowest BCUT2D eigenvalue weighted by Gasteiger charge is -2.13. The minimum Gasteiger partial charge on any atom is -0.332 e. The Morgan fingerprint density at radius 2 is 1.37 bits per heavy atom. The van der Waals surface area contributed by atoms with Gasteiger partial charge in [-0.2, -0.15) is 8.78 Å². The van der Waals surface area contributed by atoms with Gasteiger partial charge in [0, 0.05) is 0 Å². The predicted molar refractivity (Wildman–Crippen MR) is 62.6 cm³/mol. The Balaban J connectivity index is 2.54. The van der Waals surface area contributed by atoms with E-state index in [0.717, 1.165) is 17.7 Å². The summed E-state index contributed by atoms with van der Waals surface area (Å²) in [5.41, 5.74) is -0.0502. The Kier molecular flexibility index (Phi) is 3.32. The summed E-state index contributed by atoms with van der Waals surface area (Å²) in [7, 11) is 0. The molecule has 0 atom stereocenters. The van der Waals surface area contributed by atoms with E-state index in [1.165, 1.54) is 0 Å². The van der Waals surface area contributed by atoms with Gasteiger partial charge >= 0.3 is 6.11 Å². The van der Waals surface area contributed by atoms with Crippen molar-refractivity contribution in [3.63, 3.8) is 0 Å². The van der Waals surface area contributed by atoms with Gasteiger partial charge in [0.1, 0.15) is 17.2 Å². The second-order valence-corrected chi connectivity index (χ2v) is 4.22. The zero-order chi connectivity index (χ0) is 14.2. The van der Waals surface area contributed by atoms with Gasteiger partial charge < -0.3 is 5.11 Å². The lowest BCUT2D eigenvalue weighted by molar-refractivity contribution is -0.212. The molecule has 1 N–H and O–H groups in total. The van der Waals surface area contributed by atoms with Crippen molar-refractivity contribution < 1.29 is 22.7 Å². The minimum atomic E-state index is -4.54. The molecule has 2 aromatic carbocycles. The quantitative estimate of drug-likeness (QED) is 0.818. The molecular formula is C14H10F4O. The first kappa shape index (κ1) is 13.5. The Labute approximate surface area is 107 Å². The van der Waals surface area contributed by atoms with Crippen molar-refractivity contribution in [3.05, 3.63) is 59.2 Å². The van der Waals surface area contributed by atoms with Crippen LogP contribution in [0.1, 0.15) is 11.1 Å². The highest BCUT2D eigenvalue weighted by Gasteiger charge is 2.35. The molecule has 0 fully saturated rings. The third kappa shape index (κ3) is 2.76. The maximum Gasteiger partial charge on any atom is 0.386 e. The molecule has 100 valence electrons. The van der Waals surface area contributed by atoms with Crippen molar-refractivity contribution >= 4 is 0 Å². The van der Waals surface area contributed by atoms with Crippen molar-refractivity contribution in [1.82, 2.24) is 0 Å². The molecule has 0 amide bonds. The fourth-order valence-corrected chi connectivity index (χ4v) is 1.77. The smallest absolute Gasteiger partial charge is 0.332 e. The normalized spacial score (nSPS) is 11.7. The summed E-state index contributed by atoms with van der Waals surface area (Å²) >= 11 is 0. The van der Waals surface area contributed by atoms with Gasteiger partial charge in [0.15, 0.2) is 0 Å². The number of rotatable bonds is 2. The molecule has 0 spiro atoms. The third-order valence-corrected chi connectivity index (χ3v) is 2.73. The van der Waals surface area contributed by atoms with Gasteiger partial charge in [-0.1, -0.05) is 29.8 Å². The van der Waals surface area contributed by atoms with E-state index >= 15 is 0 Å². The largest absolute Gasteiger partial charge is 0.386 e. The van der Waals surface area contributed by atoms with Crippen LogP contribution < -0.4 is 0 Å². The number of hydrogen-bond donors (Lipinski definition) is 1. The van der Waals surface area contributed by atoms with E-state index < -0.39 is 23.3 Å². The number of hydrogen-bond acceptors (Lipinski definition) is 1. The van der Waals surface area contributed by atoms with Gasteiger partial charge in [0.2, 0.25) is 0 Å². The summed E-state index contributed by atoms with van der Waals surface area (Å²) in [6.45, 7) is 1.85. The summed E-state index contributed by atoms with van der Waals surface area (Å²) in [5.74, 6) is -2.97. The maximum absolute atomic E-state index is 13.5. The van der Waals surface area contributed by atoms with Crippen molar-refractivity contribution in [2.24, 2.45) is 0 Å². The molecule has 0 radical (unpaired) electrons. The Hall–Kier alpha value is -1.88. The van der Waals surface area contributed by atoms with Crippen molar-refractivity contribution in [3.8, 4) is 11.1 Å². The molecular weight excluding hydrogens is 260 g/mol. The van der Waals surface area contributed by atoms with Crippen molar-refractivity contribution in [2.45, 2.75) is 13.0 Å². The van der Waals surface area contributed by atoms with Gasteiger partial charge in [-0.15, -0.1) is 0 Å². The first-order valence-electron chi connectivity index (χ1n) is 5.46. The van der Waals surface area contributed by atoms with E-state index in [1.807, 2.05) is 6.92 Å². The lowest BCUT2D eigenvalue weighted by atomic mass is 10.0. The fourth-order valence-electron chi connectivity index (χ4n) is 1.77. The third-order valence-electron chi connectivity index (χ3n) is 2.73. The van der Waals surface area contributed by atoms with Crippen molar-refractivity contribution in [2.75, 3.05) is 0 Å².